The van der Waals surface area contributed by atoms with Crippen molar-refractivity contribution in [3.63, 3.8) is 0 Å². The molecule has 0 saturated heterocycles. The molecule has 2 unspecified atom stereocenters. The van der Waals surface area contributed by atoms with Gasteiger partial charge in [-0.05, 0) is 57.3 Å². The van der Waals surface area contributed by atoms with E-state index in [-0.39, 0.29) is 25.7 Å². The number of phosphoric acid groups is 2. The molecule has 0 aliphatic rings. The van der Waals surface area contributed by atoms with E-state index in [4.69, 9.17) is 37.0 Å². The van der Waals surface area contributed by atoms with Gasteiger partial charge in [0.1, 0.15) is 19.3 Å². The molecular weight excluding hydrogens is 1190 g/mol. The second-order valence-electron chi connectivity index (χ2n) is 25.4. The van der Waals surface area contributed by atoms with Crippen LogP contribution in [-0.2, 0) is 65.4 Å². The topological polar surface area (TPSA) is 237 Å². The fourth-order valence-corrected chi connectivity index (χ4v) is 11.9. The molecule has 0 aromatic rings. The molecule has 0 heterocycles. The number of rotatable bonds is 69. The van der Waals surface area contributed by atoms with Crippen molar-refractivity contribution < 1.29 is 80.2 Å². The molecule has 0 radical (unpaired) electrons. The molecule has 0 aliphatic carbocycles. The third-order valence-electron chi connectivity index (χ3n) is 15.9. The standard InChI is InChI=1S/C71H134O17P2/c1-6-9-12-15-18-21-23-25-27-29-31-36-41-46-51-56-70(75)87-67(61-82-69(74)55-50-45-40-35-30-28-26-24-22-19-16-13-10-7-2)63-86-90(79,80)84-59-65(72)58-83-89(77,78)85-62-66(60-81-68(73)54-49-44-39-33-20-17-14-11-8-3)88-71(76)57-52-47-42-37-32-34-38-43-48-53-64(4)5/h21,23,25,27,64-67,72H,6-20,22,24,26,28-63H2,1-5H3,(H,77,78)(H,79,80)/b23-21-,27-25-/t65-,66+,67+/m0/s1. The second kappa shape index (κ2) is 63.9. The van der Waals surface area contributed by atoms with Crippen molar-refractivity contribution >= 4 is 39.5 Å². The summed E-state index contributed by atoms with van der Waals surface area (Å²) in [5.74, 6) is -1.42. The molecule has 0 saturated carbocycles. The summed E-state index contributed by atoms with van der Waals surface area (Å²) >= 11 is 0. The van der Waals surface area contributed by atoms with Gasteiger partial charge in [0.15, 0.2) is 12.2 Å². The normalized spacial score (nSPS) is 14.2. The Kier molecular flexibility index (Phi) is 62.2. The fourth-order valence-electron chi connectivity index (χ4n) is 10.3. The summed E-state index contributed by atoms with van der Waals surface area (Å²) in [5, 5.41) is 10.6. The molecule has 0 aromatic carbocycles. The van der Waals surface area contributed by atoms with Gasteiger partial charge in [0.25, 0.3) is 0 Å². The molecule has 3 N–H and O–H groups in total. The van der Waals surface area contributed by atoms with Crippen molar-refractivity contribution in [2.45, 2.75) is 361 Å². The number of allylic oxidation sites excluding steroid dienone is 4. The summed E-state index contributed by atoms with van der Waals surface area (Å²) in [6.07, 6.45) is 53.5. The zero-order valence-corrected chi connectivity index (χ0v) is 59.5. The van der Waals surface area contributed by atoms with E-state index in [9.17, 15) is 43.2 Å². The van der Waals surface area contributed by atoms with Crippen molar-refractivity contribution in [2.24, 2.45) is 5.92 Å². The monoisotopic (exact) mass is 1320 g/mol. The number of aliphatic hydroxyl groups is 1. The highest BCUT2D eigenvalue weighted by atomic mass is 31.2. The minimum absolute atomic E-state index is 0.0855. The molecule has 0 bridgehead atoms. The van der Waals surface area contributed by atoms with E-state index in [1.165, 1.54) is 154 Å². The van der Waals surface area contributed by atoms with Crippen LogP contribution in [0.3, 0.4) is 0 Å². The third kappa shape index (κ3) is 64.3. The summed E-state index contributed by atoms with van der Waals surface area (Å²) < 4.78 is 68.2. The first-order chi connectivity index (χ1) is 43.5. The van der Waals surface area contributed by atoms with Gasteiger partial charge in [0.05, 0.1) is 26.4 Å². The van der Waals surface area contributed by atoms with Gasteiger partial charge in [-0.3, -0.25) is 37.3 Å². The van der Waals surface area contributed by atoms with Gasteiger partial charge < -0.3 is 33.8 Å². The third-order valence-corrected chi connectivity index (χ3v) is 17.8. The maximum Gasteiger partial charge on any atom is 0.472 e. The van der Waals surface area contributed by atoms with E-state index in [2.05, 4.69) is 58.9 Å². The lowest BCUT2D eigenvalue weighted by Crippen LogP contribution is -2.30. The van der Waals surface area contributed by atoms with Crippen LogP contribution in [-0.4, -0.2) is 96.7 Å². The predicted molar refractivity (Wildman–Crippen MR) is 363 cm³/mol. The summed E-state index contributed by atoms with van der Waals surface area (Å²) in [7, 11) is -9.91. The lowest BCUT2D eigenvalue weighted by Gasteiger charge is -2.21. The lowest BCUT2D eigenvalue weighted by atomic mass is 10.0. The average Bonchev–Trinajstić information content (AvgIpc) is 3.17. The van der Waals surface area contributed by atoms with Gasteiger partial charge in [-0.15, -0.1) is 0 Å². The first-order valence-corrected chi connectivity index (χ1v) is 39.4. The summed E-state index contributed by atoms with van der Waals surface area (Å²) in [4.78, 5) is 72.5. The Morgan fingerprint density at radius 3 is 0.911 bits per heavy atom. The predicted octanol–water partition coefficient (Wildman–Crippen LogP) is 20.1. The van der Waals surface area contributed by atoms with Crippen LogP contribution in [0, 0.1) is 5.92 Å². The molecule has 530 valence electrons. The van der Waals surface area contributed by atoms with Gasteiger partial charge in [-0.1, -0.05) is 290 Å². The Bertz CT molecular complexity index is 1830. The maximum atomic E-state index is 13.0. The fraction of sp³-hybridized carbons (Fsp3) is 0.887. The van der Waals surface area contributed by atoms with Crippen LogP contribution in [0.5, 0.6) is 0 Å². The van der Waals surface area contributed by atoms with Crippen LogP contribution < -0.4 is 0 Å². The van der Waals surface area contributed by atoms with Crippen LogP contribution in [0.4, 0.5) is 0 Å². The first kappa shape index (κ1) is 87.5. The number of phosphoric ester groups is 2. The molecule has 90 heavy (non-hydrogen) atoms. The zero-order valence-electron chi connectivity index (χ0n) is 57.8. The highest BCUT2D eigenvalue weighted by Gasteiger charge is 2.30. The van der Waals surface area contributed by atoms with Gasteiger partial charge in [0, 0.05) is 25.7 Å². The Hall–Kier alpha value is -2.46. The van der Waals surface area contributed by atoms with Crippen LogP contribution in [0.2, 0.25) is 0 Å². The SMILES string of the molecule is CCCCCC/C=C\C=C/CCCCCCCC(=O)O[C@H](COC(=O)CCCCCCCCCCCCCCCC)COP(=O)(O)OC[C@@H](O)COP(=O)(O)OC[C@@H](COC(=O)CCCCCCCCCCC)OC(=O)CCCCCCCCCCCC(C)C. The minimum atomic E-state index is -4.96. The van der Waals surface area contributed by atoms with Gasteiger partial charge >= 0.3 is 39.5 Å². The largest absolute Gasteiger partial charge is 0.472 e. The summed E-state index contributed by atoms with van der Waals surface area (Å²) in [5.41, 5.74) is 0. The molecule has 0 amide bonds. The molecule has 17 nitrogen and oxygen atoms in total. The number of carbonyl (C=O) groups excluding carboxylic acids is 4. The number of carbonyl (C=O) groups is 4. The van der Waals surface area contributed by atoms with Crippen LogP contribution in [0.25, 0.3) is 0 Å². The quantitative estimate of drug-likeness (QED) is 0.0169. The lowest BCUT2D eigenvalue weighted by molar-refractivity contribution is -0.161. The van der Waals surface area contributed by atoms with Crippen molar-refractivity contribution in [1.82, 2.24) is 0 Å². The van der Waals surface area contributed by atoms with Gasteiger partial charge in [0.2, 0.25) is 0 Å². The molecule has 0 fully saturated rings. The van der Waals surface area contributed by atoms with E-state index in [1.807, 2.05) is 0 Å². The molecular formula is C71H134O17P2. The van der Waals surface area contributed by atoms with Gasteiger partial charge in [-0.25, -0.2) is 9.13 Å². The number of hydrogen-bond donors (Lipinski definition) is 3. The van der Waals surface area contributed by atoms with Crippen molar-refractivity contribution in [3.05, 3.63) is 24.3 Å². The van der Waals surface area contributed by atoms with E-state index in [1.54, 1.807) is 0 Å². The molecule has 19 heteroatoms. The number of esters is 4. The van der Waals surface area contributed by atoms with Crippen molar-refractivity contribution in [2.75, 3.05) is 39.6 Å². The minimum Gasteiger partial charge on any atom is -0.462 e. The van der Waals surface area contributed by atoms with Crippen LogP contribution in [0.15, 0.2) is 24.3 Å². The Morgan fingerprint density at radius 1 is 0.344 bits per heavy atom. The smallest absolute Gasteiger partial charge is 0.462 e. The molecule has 5 atom stereocenters. The van der Waals surface area contributed by atoms with E-state index in [0.29, 0.717) is 25.7 Å². The van der Waals surface area contributed by atoms with E-state index in [0.717, 1.165) is 109 Å². The molecule has 0 spiro atoms. The Morgan fingerprint density at radius 2 is 0.600 bits per heavy atom. The first-order valence-electron chi connectivity index (χ1n) is 36.5. The highest BCUT2D eigenvalue weighted by molar-refractivity contribution is 7.47. The van der Waals surface area contributed by atoms with Crippen LogP contribution in [0.1, 0.15) is 343 Å². The molecule has 0 aromatic heterocycles. The number of aliphatic hydroxyl groups excluding tert-OH is 1. The van der Waals surface area contributed by atoms with E-state index < -0.39 is 97.5 Å². The van der Waals surface area contributed by atoms with Crippen LogP contribution >= 0.6 is 15.6 Å². The molecule has 0 aliphatic heterocycles. The van der Waals surface area contributed by atoms with Gasteiger partial charge in [-0.2, -0.15) is 0 Å². The summed E-state index contributed by atoms with van der Waals surface area (Å²) in [6, 6.07) is 0. The Balaban J connectivity index is 5.28. The molecule has 0 rings (SSSR count). The Labute approximate surface area is 548 Å². The number of unbranched alkanes of at least 4 members (excludes halogenated alkanes) is 38. The number of ether oxygens (including phenoxy) is 4. The average molecular weight is 1320 g/mol. The van der Waals surface area contributed by atoms with Crippen molar-refractivity contribution in [3.8, 4) is 0 Å². The zero-order chi connectivity index (χ0) is 66.3. The van der Waals surface area contributed by atoms with Crippen molar-refractivity contribution in [1.29, 1.82) is 0 Å². The number of hydrogen-bond acceptors (Lipinski definition) is 15. The maximum absolute atomic E-state index is 13.0. The highest BCUT2D eigenvalue weighted by Crippen LogP contribution is 2.45. The summed E-state index contributed by atoms with van der Waals surface area (Å²) in [6.45, 7) is 7.15. The second-order valence-corrected chi connectivity index (χ2v) is 28.3. The van der Waals surface area contributed by atoms with E-state index >= 15 is 0 Å².